The van der Waals surface area contributed by atoms with Gasteiger partial charge in [-0.3, -0.25) is 4.57 Å². The van der Waals surface area contributed by atoms with Crippen molar-refractivity contribution >= 4 is 25.3 Å². The van der Waals surface area contributed by atoms with E-state index in [-0.39, 0.29) is 22.0 Å². The van der Waals surface area contributed by atoms with E-state index in [0.717, 1.165) is 16.7 Å². The number of hydrogen-bond acceptors (Lipinski definition) is 7. The molecule has 3 aromatic carbocycles. The highest BCUT2D eigenvalue weighted by atomic mass is 28.4. The molecule has 1 aliphatic rings. The summed E-state index contributed by atoms with van der Waals surface area (Å²) in [6, 6.07) is 27.3. The van der Waals surface area contributed by atoms with Crippen molar-refractivity contribution in [1.29, 1.82) is 0 Å². The first-order valence-corrected chi connectivity index (χ1v) is 19.2. The third-order valence-electron chi connectivity index (χ3n) is 9.80. The fourth-order valence-electron chi connectivity index (χ4n) is 6.17. The van der Waals surface area contributed by atoms with Gasteiger partial charge < -0.3 is 19.2 Å². The highest BCUT2D eigenvalue weighted by Crippen LogP contribution is 2.45. The van der Waals surface area contributed by atoms with E-state index in [1.165, 1.54) is 10.9 Å². The number of nitrogens with zero attached hydrogens (tertiary/aromatic N) is 4. The number of methoxy groups -OCH3 is 1. The summed E-state index contributed by atoms with van der Waals surface area (Å²) in [5.41, 5.74) is 2.49. The van der Waals surface area contributed by atoms with Gasteiger partial charge in [0.2, 0.25) is 0 Å². The number of ether oxygens (including phenoxy) is 2. The van der Waals surface area contributed by atoms with Gasteiger partial charge in [0.1, 0.15) is 23.5 Å². The van der Waals surface area contributed by atoms with E-state index in [1.54, 1.807) is 14.0 Å². The number of rotatable bonds is 10. The van der Waals surface area contributed by atoms with Gasteiger partial charge in [-0.1, -0.05) is 100 Å². The molecule has 0 bridgehead atoms. The minimum absolute atomic E-state index is 0.0841. The maximum Gasteiger partial charge on any atom is 0.312 e. The number of alkyl halides is 1. The number of hydrogen-bond donors (Lipinski definition) is 1. The molecule has 0 amide bonds. The third kappa shape index (κ3) is 6.26. The minimum Gasteiger partial charge on any atom is -0.497 e. The van der Waals surface area contributed by atoms with Crippen LogP contribution in [0.1, 0.15) is 50.6 Å². The summed E-state index contributed by atoms with van der Waals surface area (Å²) in [6.07, 6.45) is -3.97. The molecule has 0 aliphatic carbocycles. The minimum atomic E-state index is -2.40. The average Bonchev–Trinajstić information content (AvgIpc) is 3.64. The molecule has 11 heteroatoms. The molecule has 0 saturated carbocycles. The molecule has 49 heavy (non-hydrogen) atoms. The Bertz CT molecular complexity index is 1890. The van der Waals surface area contributed by atoms with E-state index >= 15 is 8.78 Å². The van der Waals surface area contributed by atoms with Crippen molar-refractivity contribution in [1.82, 2.24) is 19.5 Å². The van der Waals surface area contributed by atoms with Gasteiger partial charge in [0.25, 0.3) is 0 Å². The molecule has 256 valence electrons. The van der Waals surface area contributed by atoms with E-state index < -0.39 is 44.5 Å². The van der Waals surface area contributed by atoms with Crippen LogP contribution in [-0.4, -0.2) is 53.3 Å². The third-order valence-corrected chi connectivity index (χ3v) is 14.3. The van der Waals surface area contributed by atoms with E-state index in [1.807, 2.05) is 84.9 Å². The number of anilines is 1. The Morgan fingerprint density at radius 2 is 1.49 bits per heavy atom. The predicted octanol–water partition coefficient (Wildman–Crippen LogP) is 8.58. The van der Waals surface area contributed by atoms with Crippen LogP contribution in [0, 0.1) is 6.08 Å². The molecule has 1 aliphatic heterocycles. The van der Waals surface area contributed by atoms with Crippen LogP contribution < -0.4 is 10.1 Å². The molecule has 1 saturated heterocycles. The van der Waals surface area contributed by atoms with Gasteiger partial charge in [-0.15, -0.1) is 0 Å². The van der Waals surface area contributed by atoms with Gasteiger partial charge in [0, 0.05) is 0 Å². The van der Waals surface area contributed by atoms with Crippen LogP contribution in [0.25, 0.3) is 11.2 Å². The lowest BCUT2D eigenvalue weighted by molar-refractivity contribution is -0.00568. The van der Waals surface area contributed by atoms with Crippen LogP contribution in [0.3, 0.4) is 0 Å². The normalized spacial score (nSPS) is 20.0. The fourth-order valence-corrected chi connectivity index (χ4v) is 7.45. The molecule has 8 nitrogen and oxygen atoms in total. The molecule has 0 radical (unpaired) electrons. The first-order valence-electron chi connectivity index (χ1n) is 16.3. The monoisotopic (exact) mass is 683 g/mol. The van der Waals surface area contributed by atoms with Gasteiger partial charge in [0.15, 0.2) is 37.7 Å². The Hall–Kier alpha value is -4.45. The molecule has 1 N–H and O–H groups in total. The predicted molar refractivity (Wildman–Crippen MR) is 190 cm³/mol. The fraction of sp³-hybridized carbons (Fsp3) is 0.342. The average molecular weight is 684 g/mol. The Labute approximate surface area is 287 Å². The molecule has 4 atom stereocenters. The van der Waals surface area contributed by atoms with E-state index in [0.29, 0.717) is 11.3 Å². The zero-order valence-corrected chi connectivity index (χ0v) is 29.9. The highest BCUT2D eigenvalue weighted by molar-refractivity contribution is 6.74. The van der Waals surface area contributed by atoms with Crippen molar-refractivity contribution in [2.75, 3.05) is 12.4 Å². The van der Waals surface area contributed by atoms with E-state index in [2.05, 4.69) is 60.7 Å². The first kappa shape index (κ1) is 34.4. The molecule has 0 spiro atoms. The summed E-state index contributed by atoms with van der Waals surface area (Å²) >= 11 is 0. The van der Waals surface area contributed by atoms with E-state index in [9.17, 15) is 0 Å². The van der Waals surface area contributed by atoms with Gasteiger partial charge in [-0.2, -0.15) is 14.4 Å². The first-order chi connectivity index (χ1) is 23.3. The van der Waals surface area contributed by atoms with Crippen molar-refractivity contribution in [3.05, 3.63) is 126 Å². The van der Waals surface area contributed by atoms with Gasteiger partial charge >= 0.3 is 6.08 Å². The zero-order valence-electron chi connectivity index (χ0n) is 28.9. The second kappa shape index (κ2) is 13.1. The van der Waals surface area contributed by atoms with Crippen LogP contribution in [-0.2, 0) is 14.7 Å². The summed E-state index contributed by atoms with van der Waals surface area (Å²) in [6.45, 7) is 16.3. The molecule has 1 fully saturated rings. The molecular formula is C38H43F2N5O3Si. The molecule has 3 heterocycles. The summed E-state index contributed by atoms with van der Waals surface area (Å²) in [5.74, 6) is 0.818. The van der Waals surface area contributed by atoms with Crippen LogP contribution in [0.2, 0.25) is 18.1 Å². The molecule has 2 aromatic heterocycles. The molecule has 6 rings (SSSR count). The Kier molecular flexibility index (Phi) is 9.21. The summed E-state index contributed by atoms with van der Waals surface area (Å²) in [5, 5.41) is 3.43. The van der Waals surface area contributed by atoms with Gasteiger partial charge in [-0.05, 0) is 59.5 Å². The van der Waals surface area contributed by atoms with Crippen molar-refractivity contribution < 1.29 is 22.7 Å². The van der Waals surface area contributed by atoms with Crippen LogP contribution in [0.4, 0.5) is 14.6 Å². The number of aromatic nitrogens is 4. The maximum atomic E-state index is 16.6. The topological polar surface area (TPSA) is 83.3 Å². The lowest BCUT2D eigenvalue weighted by atomic mass is 9.77. The van der Waals surface area contributed by atoms with Crippen LogP contribution in [0.5, 0.6) is 5.75 Å². The maximum absolute atomic E-state index is 16.6. The Balaban J connectivity index is 1.49. The number of benzene rings is 3. The van der Waals surface area contributed by atoms with Crippen molar-refractivity contribution in [2.45, 2.75) is 76.0 Å². The number of nitrogens with one attached hydrogen (secondary N) is 1. The smallest absolute Gasteiger partial charge is 0.312 e. The number of halogens is 2. The van der Waals surface area contributed by atoms with Gasteiger partial charge in [-0.25, -0.2) is 9.37 Å². The van der Waals surface area contributed by atoms with E-state index in [4.69, 9.17) is 13.9 Å². The largest absolute Gasteiger partial charge is 0.497 e. The zero-order chi connectivity index (χ0) is 35.1. The van der Waals surface area contributed by atoms with Crippen molar-refractivity contribution in [3.8, 4) is 5.75 Å². The summed E-state index contributed by atoms with van der Waals surface area (Å²) < 4.78 is 51.9. The highest BCUT2D eigenvalue weighted by Gasteiger charge is 2.52. The SMILES string of the molecule is C=C(C)C1O[C@@H](n2cnc3c(NC(c4ccccc4)(c4ccccc4)c4ccc(OC)cc4)nc(F)nc32)[C@@H](F)[C@@H]1O[Si](C)(C)C(C)(C)C. The molecular weight excluding hydrogens is 641 g/mol. The second-order valence-corrected chi connectivity index (χ2v) is 18.8. The molecule has 1 unspecified atom stereocenters. The lowest BCUT2D eigenvalue weighted by Gasteiger charge is -2.39. The quantitative estimate of drug-likeness (QED) is 0.0684. The Morgan fingerprint density at radius 1 is 0.918 bits per heavy atom. The van der Waals surface area contributed by atoms with Crippen LogP contribution in [0.15, 0.2) is 103 Å². The number of fused-ring (bicyclic) bond motifs is 1. The van der Waals surface area contributed by atoms with Gasteiger partial charge in [0.05, 0.1) is 13.4 Å². The van der Waals surface area contributed by atoms with Crippen molar-refractivity contribution in [3.63, 3.8) is 0 Å². The van der Waals surface area contributed by atoms with Crippen LogP contribution >= 0.6 is 0 Å². The summed E-state index contributed by atoms with van der Waals surface area (Å²) in [4.78, 5) is 13.0. The molecule has 5 aromatic rings. The second-order valence-electron chi connectivity index (χ2n) is 14.1. The lowest BCUT2D eigenvalue weighted by Crippen LogP contribution is -2.48. The Morgan fingerprint density at radius 3 is 2.02 bits per heavy atom. The standard InChI is InChI=1S/C38H43F2N5O3Si/c1-24(2)31-32(48-49(7,8)37(3,4)5)29(39)35(47-31)45-23-41-30-33(42-36(40)43-34(30)45)44-38(25-15-11-9-12-16-25,26-17-13-10-14-18-26)27-19-21-28(46-6)22-20-27/h9-23,29,31-32,35H,1H2,2-8H3,(H,42,43,44)/t29-,31?,32-,35+/m0/s1. The summed E-state index contributed by atoms with van der Waals surface area (Å²) in [7, 11) is -0.792. The van der Waals surface area contributed by atoms with Crippen molar-refractivity contribution in [2.24, 2.45) is 0 Å². The number of imidazole rings is 1.